The zero-order valence-electron chi connectivity index (χ0n) is 4.99. The molecule has 0 saturated carbocycles. The van der Waals surface area contributed by atoms with Gasteiger partial charge in [0.25, 0.3) is 0 Å². The van der Waals surface area contributed by atoms with E-state index in [4.69, 9.17) is 2.74 Å². The van der Waals surface area contributed by atoms with Gasteiger partial charge in [0.1, 0.15) is 0 Å². The molecule has 0 spiro atoms. The summed E-state index contributed by atoms with van der Waals surface area (Å²) in [5.74, 6) is 0. The van der Waals surface area contributed by atoms with Crippen LogP contribution in [0.3, 0.4) is 0 Å². The van der Waals surface area contributed by atoms with Gasteiger partial charge >= 0.3 is 0 Å². The standard InChI is InChI=1S/C3H5.H2O.Zn/c1-3-2;;/h3H,1-2H2;1H2;/q-1;;/i1D2;;. The van der Waals surface area contributed by atoms with Crippen molar-refractivity contribution in [2.75, 3.05) is 0 Å². The predicted molar refractivity (Wildman–Crippen MR) is 19.2 cm³/mol. The summed E-state index contributed by atoms with van der Waals surface area (Å²) in [6.07, 6.45) is 1.17. The first-order chi connectivity index (χ1) is 2.27. The molecule has 0 aromatic rings. The predicted octanol–water partition coefficient (Wildman–Crippen LogP) is 0.179. The fourth-order valence-electron chi connectivity index (χ4n) is 0. The summed E-state index contributed by atoms with van der Waals surface area (Å²) < 4.78 is 12.6. The first-order valence-electron chi connectivity index (χ1n) is 1.70. The molecule has 0 aliphatic heterocycles. The van der Waals surface area contributed by atoms with E-state index >= 15 is 0 Å². The monoisotopic (exact) mass is 125 g/mol. The van der Waals surface area contributed by atoms with Crippen molar-refractivity contribution in [3.05, 3.63) is 19.5 Å². The van der Waals surface area contributed by atoms with Crippen LogP contribution >= 0.6 is 0 Å². The van der Waals surface area contributed by atoms with E-state index in [-0.39, 0.29) is 31.8 Å². The van der Waals surface area contributed by atoms with E-state index < -0.39 is 0 Å². The van der Waals surface area contributed by atoms with Crippen molar-refractivity contribution in [2.45, 2.75) is 0 Å². The Morgan fingerprint density at radius 1 is 2.00 bits per heavy atom. The molecule has 0 aromatic carbocycles. The number of allylic oxidation sites excluding steroid dienone is 1. The second kappa shape index (κ2) is 30.0. The Labute approximate surface area is 48.0 Å². The zero-order chi connectivity index (χ0) is 4.28. The fraction of sp³-hybridized carbons (Fsp3) is 0. The molecule has 0 radical (unpaired) electrons. The zero-order valence-corrected chi connectivity index (χ0v) is 5.96. The van der Waals surface area contributed by atoms with E-state index in [1.807, 2.05) is 0 Å². The molecule has 5 heavy (non-hydrogen) atoms. The van der Waals surface area contributed by atoms with Crippen LogP contribution in [0.15, 0.2) is 12.7 Å². The topological polar surface area (TPSA) is 31.5 Å². The molecule has 0 atom stereocenters. The fourth-order valence-corrected chi connectivity index (χ4v) is 0. The molecule has 0 aliphatic rings. The molecule has 28 valence electrons. The molecule has 2 N–H and O–H groups in total. The van der Waals surface area contributed by atoms with E-state index in [0.717, 1.165) is 0 Å². The van der Waals surface area contributed by atoms with Crippen molar-refractivity contribution in [1.82, 2.24) is 0 Å². The molecule has 1 nitrogen and oxygen atoms in total. The molecule has 0 saturated heterocycles. The average molecular weight is 126 g/mol. The number of hydrogen-bond acceptors (Lipinski definition) is 0. The summed E-state index contributed by atoms with van der Waals surface area (Å²) >= 11 is 0. The SMILES string of the molecule is O.[2H][C-]([2H])C=C.[Zn]. The van der Waals surface area contributed by atoms with Crippen LogP contribution in [0.25, 0.3) is 0 Å². The minimum absolute atomic E-state index is 0. The van der Waals surface area contributed by atoms with Crippen LogP contribution < -0.4 is 0 Å². The van der Waals surface area contributed by atoms with Gasteiger partial charge in [-0.1, -0.05) is 2.74 Å². The van der Waals surface area contributed by atoms with Gasteiger partial charge in [0.2, 0.25) is 0 Å². The molecule has 0 amide bonds. The van der Waals surface area contributed by atoms with Gasteiger partial charge in [0.15, 0.2) is 0 Å². The van der Waals surface area contributed by atoms with Gasteiger partial charge in [-0.05, 0) is 0 Å². The summed E-state index contributed by atoms with van der Waals surface area (Å²) in [7, 11) is 0. The van der Waals surface area contributed by atoms with E-state index in [1.165, 1.54) is 6.08 Å². The largest absolute Gasteiger partial charge is 0.412 e. The van der Waals surface area contributed by atoms with Crippen LogP contribution in [0.2, 0.25) is 0 Å². The van der Waals surface area contributed by atoms with Crippen LogP contribution in [-0.4, -0.2) is 5.48 Å². The summed E-state index contributed by atoms with van der Waals surface area (Å²) in [6, 6.07) is 0. The van der Waals surface area contributed by atoms with Crippen LogP contribution in [-0.2, 0) is 19.5 Å². The van der Waals surface area contributed by atoms with Crippen LogP contribution in [0.5, 0.6) is 0 Å². The van der Waals surface area contributed by atoms with E-state index in [9.17, 15) is 0 Å². The number of hydrogen-bond donors (Lipinski definition) is 0. The maximum atomic E-state index is 6.29. The molecule has 0 heterocycles. The minimum Gasteiger partial charge on any atom is -0.412 e. The summed E-state index contributed by atoms with van der Waals surface area (Å²) in [4.78, 5) is 0. The van der Waals surface area contributed by atoms with Gasteiger partial charge in [0.05, 0.1) is 0 Å². The molecule has 2 heteroatoms. The van der Waals surface area contributed by atoms with Crippen LogP contribution in [0, 0.1) is 6.88 Å². The first kappa shape index (κ1) is 5.19. The van der Waals surface area contributed by atoms with Gasteiger partial charge in [0, 0.05) is 19.5 Å². The third kappa shape index (κ3) is 539. The van der Waals surface area contributed by atoms with Gasteiger partial charge in [-0.3, -0.25) is 0 Å². The van der Waals surface area contributed by atoms with E-state index in [0.29, 0.717) is 0 Å². The smallest absolute Gasteiger partial charge is 0 e. The quantitative estimate of drug-likeness (QED) is 0.355. The second-order valence-electron chi connectivity index (χ2n) is 0.204. The Morgan fingerprint density at radius 2 is 2.20 bits per heavy atom. The molecule has 0 bridgehead atoms. The maximum absolute atomic E-state index is 6.29. The van der Waals surface area contributed by atoms with Crippen molar-refractivity contribution in [3.8, 4) is 0 Å². The molecule has 0 rings (SSSR count). The molecular weight excluding hydrogens is 117 g/mol. The van der Waals surface area contributed by atoms with Gasteiger partial charge in [-0.15, -0.1) is 0 Å². The third-order valence-electron chi connectivity index (χ3n) is 0. The first-order valence-corrected chi connectivity index (χ1v) is 0.697. The van der Waals surface area contributed by atoms with Crippen LogP contribution in [0.4, 0.5) is 0 Å². The average Bonchev–Trinajstić information content (AvgIpc) is 1.38. The second-order valence-corrected chi connectivity index (χ2v) is 0.204. The summed E-state index contributed by atoms with van der Waals surface area (Å²) in [5, 5.41) is 0. The summed E-state index contributed by atoms with van der Waals surface area (Å²) in [6.45, 7) is 2.92. The Kier molecular flexibility index (Phi) is 31.2. The number of rotatable bonds is 1. The van der Waals surface area contributed by atoms with Gasteiger partial charge in [-0.2, -0.15) is 0 Å². The van der Waals surface area contributed by atoms with E-state index in [2.05, 4.69) is 6.58 Å². The Bertz CT molecular complexity index is 39.9. The Hall–Kier alpha value is 0.193. The maximum Gasteiger partial charge on any atom is 0 e. The molecule has 0 unspecified atom stereocenters. The molecule has 0 fully saturated rings. The molecular formula is C3H7OZn-. The van der Waals surface area contributed by atoms with Gasteiger partial charge < -0.3 is 5.48 Å². The normalized spacial score (nSPS) is 7.20. The third-order valence-corrected chi connectivity index (χ3v) is 0. The van der Waals surface area contributed by atoms with Crippen LogP contribution in [0.1, 0.15) is 2.74 Å². The summed E-state index contributed by atoms with van der Waals surface area (Å²) in [5.41, 5.74) is 0. The van der Waals surface area contributed by atoms with Crippen molar-refractivity contribution in [3.63, 3.8) is 0 Å². The Balaban J connectivity index is -0.0000000800. The molecule has 0 aliphatic carbocycles. The molecule has 0 aromatic heterocycles. The van der Waals surface area contributed by atoms with Crippen molar-refractivity contribution in [1.29, 1.82) is 0 Å². The van der Waals surface area contributed by atoms with Crippen molar-refractivity contribution in [2.24, 2.45) is 0 Å². The Morgan fingerprint density at radius 3 is 2.20 bits per heavy atom. The minimum atomic E-state index is -0.231. The van der Waals surface area contributed by atoms with Crippen molar-refractivity contribution < 1.29 is 27.7 Å². The van der Waals surface area contributed by atoms with Crippen molar-refractivity contribution >= 4 is 0 Å². The van der Waals surface area contributed by atoms with E-state index in [1.54, 1.807) is 0 Å². The van der Waals surface area contributed by atoms with Gasteiger partial charge in [-0.25, -0.2) is 19.5 Å².